The first kappa shape index (κ1) is 24.2. The largest absolute Gasteiger partial charge is 0.493 e. The van der Waals surface area contributed by atoms with Gasteiger partial charge in [-0.15, -0.1) is 0 Å². The summed E-state index contributed by atoms with van der Waals surface area (Å²) in [6.07, 6.45) is 6.19. The molecule has 2 bridgehead atoms. The second-order valence-corrected chi connectivity index (χ2v) is 9.05. The van der Waals surface area contributed by atoms with Crippen LogP contribution in [0.2, 0.25) is 0 Å². The Kier molecular flexibility index (Phi) is 8.16. The maximum absolute atomic E-state index is 13.0. The van der Waals surface area contributed by atoms with Gasteiger partial charge >= 0.3 is 5.97 Å². The highest BCUT2D eigenvalue weighted by molar-refractivity contribution is 5.77. The SMILES string of the molecule is COc1cc(NCN2C3CCC(C3)[C@H]2C(=O)OCCCCc2ccccc2)cc(OC)c1OC. The Morgan fingerprint density at radius 2 is 1.74 bits per heavy atom. The molecular formula is C27H36N2O5. The zero-order valence-electron chi connectivity index (χ0n) is 20.4. The number of ether oxygens (including phenoxy) is 4. The number of hydrogen-bond acceptors (Lipinski definition) is 7. The van der Waals surface area contributed by atoms with Gasteiger partial charge in [0.15, 0.2) is 11.5 Å². The van der Waals surface area contributed by atoms with Crippen molar-refractivity contribution in [3.8, 4) is 17.2 Å². The summed E-state index contributed by atoms with van der Waals surface area (Å²) in [4.78, 5) is 15.3. The number of rotatable bonds is 12. The van der Waals surface area contributed by atoms with Gasteiger partial charge in [-0.2, -0.15) is 0 Å². The Morgan fingerprint density at radius 1 is 1.00 bits per heavy atom. The number of esters is 1. The molecule has 0 amide bonds. The minimum absolute atomic E-state index is 0.0846. The Morgan fingerprint density at radius 3 is 2.41 bits per heavy atom. The summed E-state index contributed by atoms with van der Waals surface area (Å²) in [6.45, 7) is 1.04. The van der Waals surface area contributed by atoms with Crippen LogP contribution in [0.5, 0.6) is 17.2 Å². The lowest BCUT2D eigenvalue weighted by Crippen LogP contribution is -2.48. The number of methoxy groups -OCH3 is 3. The Bertz CT molecular complexity index is 926. The average molecular weight is 469 g/mol. The van der Waals surface area contributed by atoms with Gasteiger partial charge in [0.2, 0.25) is 5.75 Å². The van der Waals surface area contributed by atoms with Gasteiger partial charge in [0.05, 0.1) is 34.6 Å². The summed E-state index contributed by atoms with van der Waals surface area (Å²) in [5.41, 5.74) is 2.18. The molecule has 7 nitrogen and oxygen atoms in total. The Balaban J connectivity index is 1.31. The third-order valence-corrected chi connectivity index (χ3v) is 7.04. The van der Waals surface area contributed by atoms with Crippen molar-refractivity contribution in [2.45, 2.75) is 50.6 Å². The second-order valence-electron chi connectivity index (χ2n) is 9.05. The predicted octanol–water partition coefficient (Wildman–Crippen LogP) is 4.50. The summed E-state index contributed by atoms with van der Waals surface area (Å²) in [5, 5.41) is 3.45. The van der Waals surface area contributed by atoms with Gasteiger partial charge in [0.25, 0.3) is 0 Å². The van der Waals surface area contributed by atoms with Crippen LogP contribution in [-0.4, -0.2) is 57.6 Å². The third-order valence-electron chi connectivity index (χ3n) is 7.04. The van der Waals surface area contributed by atoms with E-state index in [2.05, 4.69) is 34.5 Å². The summed E-state index contributed by atoms with van der Waals surface area (Å²) in [7, 11) is 4.80. The van der Waals surface area contributed by atoms with Crippen molar-refractivity contribution in [2.75, 3.05) is 39.9 Å². The standard InChI is InChI=1S/C27H36N2O5/c1-31-23-16-21(17-24(32-2)26(23)33-3)28-18-29-22-13-12-20(15-22)25(29)27(30)34-14-8-7-11-19-9-5-4-6-10-19/h4-6,9-10,16-17,20,22,25,28H,7-8,11-15,18H2,1-3H3/t20?,22?,25-/m0/s1. The van der Waals surface area contributed by atoms with Crippen molar-refractivity contribution in [1.29, 1.82) is 0 Å². The van der Waals surface area contributed by atoms with Crippen molar-refractivity contribution in [2.24, 2.45) is 5.92 Å². The smallest absolute Gasteiger partial charge is 0.323 e. The van der Waals surface area contributed by atoms with Crippen LogP contribution in [0.4, 0.5) is 5.69 Å². The number of aryl methyl sites for hydroxylation is 1. The number of nitrogens with zero attached hydrogens (tertiary/aromatic N) is 1. The minimum atomic E-state index is -0.178. The molecule has 2 unspecified atom stereocenters. The molecule has 0 radical (unpaired) electrons. The number of benzene rings is 2. The monoisotopic (exact) mass is 468 g/mol. The van der Waals surface area contributed by atoms with Crippen molar-refractivity contribution in [1.82, 2.24) is 4.90 Å². The molecule has 2 aromatic rings. The molecule has 1 saturated heterocycles. The third kappa shape index (κ3) is 5.41. The van der Waals surface area contributed by atoms with Gasteiger partial charge in [0, 0.05) is 23.9 Å². The van der Waals surface area contributed by atoms with Crippen LogP contribution in [0.25, 0.3) is 0 Å². The van der Waals surface area contributed by atoms with Crippen LogP contribution < -0.4 is 19.5 Å². The highest BCUT2D eigenvalue weighted by Gasteiger charge is 2.49. The lowest BCUT2D eigenvalue weighted by molar-refractivity contribution is -0.151. The first-order chi connectivity index (χ1) is 16.6. The van der Waals surface area contributed by atoms with Crippen LogP contribution in [0, 0.1) is 5.92 Å². The van der Waals surface area contributed by atoms with Gasteiger partial charge in [0.1, 0.15) is 6.04 Å². The molecule has 2 aromatic carbocycles. The molecule has 2 aliphatic rings. The number of nitrogens with one attached hydrogen (secondary N) is 1. The van der Waals surface area contributed by atoms with Gasteiger partial charge < -0.3 is 24.3 Å². The maximum Gasteiger partial charge on any atom is 0.323 e. The molecule has 0 spiro atoms. The van der Waals surface area contributed by atoms with E-state index < -0.39 is 0 Å². The van der Waals surface area contributed by atoms with Crippen LogP contribution in [-0.2, 0) is 16.0 Å². The highest BCUT2D eigenvalue weighted by Crippen LogP contribution is 2.43. The number of piperidine rings is 1. The molecule has 7 heteroatoms. The van der Waals surface area contributed by atoms with Gasteiger partial charge in [-0.3, -0.25) is 9.69 Å². The van der Waals surface area contributed by atoms with E-state index in [0.29, 0.717) is 42.5 Å². The lowest BCUT2D eigenvalue weighted by atomic mass is 9.99. The molecule has 184 valence electrons. The van der Waals surface area contributed by atoms with E-state index in [9.17, 15) is 4.79 Å². The number of fused-ring (bicyclic) bond motifs is 2. The topological polar surface area (TPSA) is 69.3 Å². The number of carbonyl (C=O) groups is 1. The number of carbonyl (C=O) groups excluding carboxylic acids is 1. The lowest BCUT2D eigenvalue weighted by Gasteiger charge is -2.34. The summed E-state index contributed by atoms with van der Waals surface area (Å²) in [5.74, 6) is 2.05. The molecule has 34 heavy (non-hydrogen) atoms. The number of anilines is 1. The minimum Gasteiger partial charge on any atom is -0.493 e. The Hall–Kier alpha value is -2.93. The normalized spacial score (nSPS) is 21.3. The van der Waals surface area contributed by atoms with Crippen molar-refractivity contribution < 1.29 is 23.7 Å². The number of likely N-dealkylation sites (tertiary alicyclic amines) is 1. The fraction of sp³-hybridized carbons (Fsp3) is 0.519. The zero-order valence-corrected chi connectivity index (χ0v) is 20.4. The van der Waals surface area contributed by atoms with Gasteiger partial charge in [-0.1, -0.05) is 30.3 Å². The molecule has 1 heterocycles. The molecule has 2 fully saturated rings. The summed E-state index contributed by atoms with van der Waals surface area (Å²) in [6, 6.07) is 14.4. The van der Waals surface area contributed by atoms with Gasteiger partial charge in [-0.25, -0.2) is 0 Å². The van der Waals surface area contributed by atoms with E-state index in [1.54, 1.807) is 21.3 Å². The van der Waals surface area contributed by atoms with Crippen LogP contribution in [0.15, 0.2) is 42.5 Å². The predicted molar refractivity (Wildman–Crippen MR) is 132 cm³/mol. The molecule has 3 atom stereocenters. The molecule has 1 saturated carbocycles. The maximum atomic E-state index is 13.0. The van der Waals surface area contributed by atoms with Gasteiger partial charge in [-0.05, 0) is 50.0 Å². The van der Waals surface area contributed by atoms with Crippen molar-refractivity contribution in [3.05, 3.63) is 48.0 Å². The molecule has 1 aliphatic heterocycles. The van der Waals surface area contributed by atoms with E-state index in [1.807, 2.05) is 18.2 Å². The van der Waals surface area contributed by atoms with Crippen LogP contribution >= 0.6 is 0 Å². The van der Waals surface area contributed by atoms with E-state index in [-0.39, 0.29) is 12.0 Å². The second kappa shape index (κ2) is 11.5. The first-order valence-corrected chi connectivity index (χ1v) is 12.1. The van der Waals surface area contributed by atoms with E-state index in [0.717, 1.165) is 44.2 Å². The molecule has 1 N–H and O–H groups in total. The number of hydrogen-bond donors (Lipinski definition) is 1. The first-order valence-electron chi connectivity index (χ1n) is 12.1. The fourth-order valence-electron chi connectivity index (χ4n) is 5.33. The van der Waals surface area contributed by atoms with E-state index in [4.69, 9.17) is 18.9 Å². The summed E-state index contributed by atoms with van der Waals surface area (Å²) >= 11 is 0. The average Bonchev–Trinajstić information content (AvgIpc) is 3.49. The quantitative estimate of drug-likeness (QED) is 0.363. The highest BCUT2D eigenvalue weighted by atomic mass is 16.5. The van der Waals surface area contributed by atoms with E-state index >= 15 is 0 Å². The van der Waals surface area contributed by atoms with Crippen molar-refractivity contribution in [3.63, 3.8) is 0 Å². The van der Waals surface area contributed by atoms with Crippen molar-refractivity contribution >= 4 is 11.7 Å². The molecule has 1 aliphatic carbocycles. The molecule has 4 rings (SSSR count). The molecular weight excluding hydrogens is 432 g/mol. The fourth-order valence-corrected chi connectivity index (χ4v) is 5.33. The zero-order chi connectivity index (χ0) is 23.9. The van der Waals surface area contributed by atoms with Crippen LogP contribution in [0.3, 0.4) is 0 Å². The van der Waals surface area contributed by atoms with E-state index in [1.165, 1.54) is 5.56 Å². The molecule has 0 aromatic heterocycles. The Labute approximate surface area is 202 Å². The number of unbranched alkanes of at least 4 members (excludes halogenated alkanes) is 1. The summed E-state index contributed by atoms with van der Waals surface area (Å²) < 4.78 is 22.1. The van der Waals surface area contributed by atoms with Crippen LogP contribution in [0.1, 0.15) is 37.7 Å².